The van der Waals surface area contributed by atoms with Gasteiger partial charge in [-0.2, -0.15) is 0 Å². The van der Waals surface area contributed by atoms with Crippen LogP contribution in [0.1, 0.15) is 19.4 Å². The van der Waals surface area contributed by atoms with Gasteiger partial charge >= 0.3 is 0 Å². The smallest absolute Gasteiger partial charge is 0.0594 e. The van der Waals surface area contributed by atoms with Crippen LogP contribution in [0, 0.1) is 5.41 Å². The first-order valence-electron chi connectivity index (χ1n) is 7.33. The van der Waals surface area contributed by atoms with Gasteiger partial charge in [-0.05, 0) is 17.7 Å². The number of hydrogen-bond donors (Lipinski definition) is 2. The third kappa shape index (κ3) is 4.78. The Morgan fingerprint density at radius 2 is 1.85 bits per heavy atom. The molecule has 0 bridgehead atoms. The van der Waals surface area contributed by atoms with Crippen molar-refractivity contribution in [2.45, 2.75) is 20.4 Å². The minimum Gasteiger partial charge on any atom is -0.396 e. The molecule has 0 unspecified atom stereocenters. The van der Waals surface area contributed by atoms with Crippen LogP contribution in [0.15, 0.2) is 24.3 Å². The van der Waals surface area contributed by atoms with Crippen LogP contribution < -0.4 is 5.32 Å². The highest BCUT2D eigenvalue weighted by Gasteiger charge is 2.15. The molecule has 20 heavy (non-hydrogen) atoms. The van der Waals surface area contributed by atoms with E-state index in [1.807, 2.05) is 13.8 Å². The van der Waals surface area contributed by atoms with Crippen molar-refractivity contribution >= 4 is 5.69 Å². The zero-order valence-electron chi connectivity index (χ0n) is 12.6. The van der Waals surface area contributed by atoms with Crippen molar-refractivity contribution in [2.75, 3.05) is 44.8 Å². The Labute approximate surface area is 121 Å². The molecule has 0 aromatic heterocycles. The topological polar surface area (TPSA) is 44.7 Å². The molecule has 1 saturated heterocycles. The molecular formula is C16H26N2O2. The van der Waals surface area contributed by atoms with E-state index in [9.17, 15) is 5.11 Å². The fourth-order valence-corrected chi connectivity index (χ4v) is 2.14. The molecule has 0 aliphatic carbocycles. The Morgan fingerprint density at radius 1 is 1.20 bits per heavy atom. The van der Waals surface area contributed by atoms with Crippen molar-refractivity contribution < 1.29 is 9.84 Å². The molecule has 0 amide bonds. The van der Waals surface area contributed by atoms with Gasteiger partial charge in [-0.15, -0.1) is 0 Å². The molecule has 4 nitrogen and oxygen atoms in total. The number of aliphatic hydroxyl groups is 1. The van der Waals surface area contributed by atoms with Gasteiger partial charge in [0.1, 0.15) is 0 Å². The molecular weight excluding hydrogens is 252 g/mol. The van der Waals surface area contributed by atoms with Gasteiger partial charge in [0.05, 0.1) is 13.2 Å². The van der Waals surface area contributed by atoms with E-state index in [4.69, 9.17) is 4.74 Å². The molecule has 0 radical (unpaired) electrons. The molecule has 0 saturated carbocycles. The molecule has 0 atom stereocenters. The van der Waals surface area contributed by atoms with Gasteiger partial charge in [-0.25, -0.2) is 0 Å². The lowest BCUT2D eigenvalue weighted by atomic mass is 9.95. The van der Waals surface area contributed by atoms with E-state index in [-0.39, 0.29) is 12.0 Å². The highest BCUT2D eigenvalue weighted by atomic mass is 16.5. The Kier molecular flexibility index (Phi) is 5.40. The van der Waals surface area contributed by atoms with Gasteiger partial charge in [0, 0.05) is 43.9 Å². The Hall–Kier alpha value is -1.10. The SMILES string of the molecule is CC(C)(CO)CNc1ccc(CN2CCOCC2)cc1. The van der Waals surface area contributed by atoms with Crippen LogP contribution in [0.4, 0.5) is 5.69 Å². The molecule has 112 valence electrons. The van der Waals surface area contributed by atoms with Crippen LogP contribution in [-0.4, -0.2) is 49.5 Å². The second-order valence-electron chi connectivity index (χ2n) is 6.26. The number of hydrogen-bond acceptors (Lipinski definition) is 4. The summed E-state index contributed by atoms with van der Waals surface area (Å²) in [6.45, 7) is 9.77. The number of anilines is 1. The van der Waals surface area contributed by atoms with E-state index in [1.165, 1.54) is 5.56 Å². The average Bonchev–Trinajstić information content (AvgIpc) is 2.48. The standard InChI is InChI=1S/C16H26N2O2/c1-16(2,13-19)12-17-15-5-3-14(4-6-15)11-18-7-9-20-10-8-18/h3-6,17,19H,7-13H2,1-2H3. The summed E-state index contributed by atoms with van der Waals surface area (Å²) in [5.41, 5.74) is 2.35. The quantitative estimate of drug-likeness (QED) is 0.835. The molecule has 1 fully saturated rings. The van der Waals surface area contributed by atoms with Crippen molar-refractivity contribution in [1.82, 2.24) is 4.90 Å². The molecule has 0 spiro atoms. The van der Waals surface area contributed by atoms with Crippen molar-refractivity contribution in [3.8, 4) is 0 Å². The largest absolute Gasteiger partial charge is 0.396 e. The maximum Gasteiger partial charge on any atom is 0.0594 e. The Morgan fingerprint density at radius 3 is 2.45 bits per heavy atom. The molecule has 2 rings (SSSR count). The van der Waals surface area contributed by atoms with Crippen LogP contribution in [0.25, 0.3) is 0 Å². The summed E-state index contributed by atoms with van der Waals surface area (Å²) in [5.74, 6) is 0. The highest BCUT2D eigenvalue weighted by molar-refractivity contribution is 5.44. The van der Waals surface area contributed by atoms with E-state index < -0.39 is 0 Å². The summed E-state index contributed by atoms with van der Waals surface area (Å²) >= 11 is 0. The summed E-state index contributed by atoms with van der Waals surface area (Å²) in [7, 11) is 0. The van der Waals surface area contributed by atoms with E-state index in [1.54, 1.807) is 0 Å². The minimum absolute atomic E-state index is 0.0908. The zero-order valence-corrected chi connectivity index (χ0v) is 12.6. The molecule has 2 N–H and O–H groups in total. The van der Waals surface area contributed by atoms with Gasteiger partial charge in [0.2, 0.25) is 0 Å². The molecule has 1 aliphatic heterocycles. The Bertz CT molecular complexity index is 397. The summed E-state index contributed by atoms with van der Waals surface area (Å²) in [4.78, 5) is 2.42. The summed E-state index contributed by atoms with van der Waals surface area (Å²) < 4.78 is 5.36. The monoisotopic (exact) mass is 278 g/mol. The first kappa shape index (κ1) is 15.3. The second kappa shape index (κ2) is 7.07. The van der Waals surface area contributed by atoms with Crippen LogP contribution in [0.5, 0.6) is 0 Å². The Balaban J connectivity index is 1.83. The highest BCUT2D eigenvalue weighted by Crippen LogP contribution is 2.17. The van der Waals surface area contributed by atoms with E-state index in [0.29, 0.717) is 0 Å². The lowest BCUT2D eigenvalue weighted by molar-refractivity contribution is 0.0342. The van der Waals surface area contributed by atoms with E-state index in [2.05, 4.69) is 34.5 Å². The van der Waals surface area contributed by atoms with Gasteiger partial charge in [0.25, 0.3) is 0 Å². The predicted octanol–water partition coefficient (Wildman–Crippen LogP) is 1.95. The second-order valence-corrected chi connectivity index (χ2v) is 6.26. The summed E-state index contributed by atoms with van der Waals surface area (Å²) in [6.07, 6.45) is 0. The zero-order chi connectivity index (χ0) is 14.4. The van der Waals surface area contributed by atoms with E-state index >= 15 is 0 Å². The fraction of sp³-hybridized carbons (Fsp3) is 0.625. The minimum atomic E-state index is -0.0908. The van der Waals surface area contributed by atoms with Gasteiger partial charge < -0.3 is 15.2 Å². The number of nitrogens with zero attached hydrogens (tertiary/aromatic N) is 1. The van der Waals surface area contributed by atoms with Gasteiger partial charge in [0.15, 0.2) is 0 Å². The number of morpholine rings is 1. The normalized spacial score (nSPS) is 17.1. The van der Waals surface area contributed by atoms with E-state index in [0.717, 1.165) is 45.1 Å². The third-order valence-electron chi connectivity index (χ3n) is 3.66. The molecule has 1 aromatic rings. The number of benzene rings is 1. The van der Waals surface area contributed by atoms with Crippen LogP contribution in [0.2, 0.25) is 0 Å². The van der Waals surface area contributed by atoms with Crippen molar-refractivity contribution in [2.24, 2.45) is 5.41 Å². The molecule has 1 aliphatic rings. The lowest BCUT2D eigenvalue weighted by Crippen LogP contribution is -2.35. The van der Waals surface area contributed by atoms with Crippen molar-refractivity contribution in [1.29, 1.82) is 0 Å². The van der Waals surface area contributed by atoms with Crippen LogP contribution in [0.3, 0.4) is 0 Å². The first-order chi connectivity index (χ1) is 9.59. The maximum absolute atomic E-state index is 9.24. The van der Waals surface area contributed by atoms with Crippen LogP contribution >= 0.6 is 0 Å². The van der Waals surface area contributed by atoms with Crippen LogP contribution in [-0.2, 0) is 11.3 Å². The van der Waals surface area contributed by atoms with Gasteiger partial charge in [-0.1, -0.05) is 26.0 Å². The number of nitrogens with one attached hydrogen (secondary N) is 1. The summed E-state index contributed by atoms with van der Waals surface area (Å²) in [5, 5.41) is 12.6. The average molecular weight is 278 g/mol. The van der Waals surface area contributed by atoms with Crippen molar-refractivity contribution in [3.63, 3.8) is 0 Å². The molecule has 4 heteroatoms. The lowest BCUT2D eigenvalue weighted by Gasteiger charge is -2.26. The number of ether oxygens (including phenoxy) is 1. The predicted molar refractivity (Wildman–Crippen MR) is 81.9 cm³/mol. The fourth-order valence-electron chi connectivity index (χ4n) is 2.14. The number of aliphatic hydroxyl groups excluding tert-OH is 1. The maximum atomic E-state index is 9.24. The molecule has 1 heterocycles. The van der Waals surface area contributed by atoms with Gasteiger partial charge in [-0.3, -0.25) is 4.90 Å². The third-order valence-corrected chi connectivity index (χ3v) is 3.66. The first-order valence-corrected chi connectivity index (χ1v) is 7.33. The van der Waals surface area contributed by atoms with Crippen molar-refractivity contribution in [3.05, 3.63) is 29.8 Å². The molecule has 1 aromatic carbocycles. The summed E-state index contributed by atoms with van der Waals surface area (Å²) in [6, 6.07) is 8.57. The number of rotatable bonds is 6.